The quantitative estimate of drug-likeness (QED) is 0.874. The number of rotatable bonds is 6. The number of methoxy groups -OCH3 is 3. The van der Waals surface area contributed by atoms with Gasteiger partial charge >= 0.3 is 0 Å². The maximum atomic E-state index is 5.60. The summed E-state index contributed by atoms with van der Waals surface area (Å²) in [6.07, 6.45) is 0. The van der Waals surface area contributed by atoms with Gasteiger partial charge in [-0.2, -0.15) is 0 Å². The van der Waals surface area contributed by atoms with Gasteiger partial charge in [-0.05, 0) is 12.1 Å². The van der Waals surface area contributed by atoms with Gasteiger partial charge in [-0.25, -0.2) is 0 Å². The summed E-state index contributed by atoms with van der Waals surface area (Å²) in [4.78, 5) is 2.46. The highest BCUT2D eigenvalue weighted by molar-refractivity contribution is 5.46. The van der Waals surface area contributed by atoms with Crippen molar-refractivity contribution in [2.75, 3.05) is 41.0 Å². The lowest BCUT2D eigenvalue weighted by Crippen LogP contribution is -2.45. The highest BCUT2D eigenvalue weighted by Gasteiger charge is 2.27. The van der Waals surface area contributed by atoms with Gasteiger partial charge in [-0.15, -0.1) is 0 Å². The molecule has 0 saturated carbocycles. The van der Waals surface area contributed by atoms with E-state index in [0.717, 1.165) is 49.0 Å². The Morgan fingerprint density at radius 1 is 0.960 bits per heavy atom. The maximum absolute atomic E-state index is 5.60. The van der Waals surface area contributed by atoms with Crippen molar-refractivity contribution in [1.29, 1.82) is 0 Å². The fourth-order valence-electron chi connectivity index (χ4n) is 3.48. The average molecular weight is 342 g/mol. The molecule has 1 fully saturated rings. The minimum atomic E-state index is 0.251. The molecule has 0 bridgehead atoms. The molecule has 5 heteroatoms. The number of para-hydroxylation sites is 2. The molecule has 1 saturated heterocycles. The normalized spacial score (nSPS) is 18.0. The van der Waals surface area contributed by atoms with E-state index in [-0.39, 0.29) is 6.04 Å². The van der Waals surface area contributed by atoms with Crippen LogP contribution in [-0.2, 0) is 6.54 Å². The van der Waals surface area contributed by atoms with Crippen LogP contribution < -0.4 is 19.5 Å². The maximum Gasteiger partial charge on any atom is 0.165 e. The van der Waals surface area contributed by atoms with Crippen LogP contribution in [0.1, 0.15) is 17.2 Å². The molecule has 0 spiro atoms. The third kappa shape index (κ3) is 3.72. The molecule has 0 radical (unpaired) electrons. The minimum Gasteiger partial charge on any atom is -0.496 e. The van der Waals surface area contributed by atoms with Crippen molar-refractivity contribution in [3.05, 3.63) is 53.6 Å². The summed E-state index contributed by atoms with van der Waals surface area (Å²) in [6, 6.07) is 14.5. The molecule has 1 heterocycles. The van der Waals surface area contributed by atoms with Gasteiger partial charge in [0, 0.05) is 37.3 Å². The number of piperazine rings is 1. The zero-order valence-electron chi connectivity index (χ0n) is 15.1. The van der Waals surface area contributed by atoms with Crippen molar-refractivity contribution in [3.63, 3.8) is 0 Å². The largest absolute Gasteiger partial charge is 0.496 e. The van der Waals surface area contributed by atoms with Crippen molar-refractivity contribution in [2.45, 2.75) is 12.6 Å². The molecule has 0 aromatic heterocycles. The van der Waals surface area contributed by atoms with Crippen LogP contribution in [0.4, 0.5) is 0 Å². The highest BCUT2D eigenvalue weighted by Crippen LogP contribution is 2.35. The first-order chi connectivity index (χ1) is 12.3. The predicted molar refractivity (Wildman–Crippen MR) is 98.6 cm³/mol. The Labute approximate surface area is 149 Å². The van der Waals surface area contributed by atoms with E-state index >= 15 is 0 Å². The van der Waals surface area contributed by atoms with Gasteiger partial charge in [-0.1, -0.05) is 30.3 Å². The number of benzene rings is 2. The molecule has 3 rings (SSSR count). The van der Waals surface area contributed by atoms with E-state index in [1.807, 2.05) is 24.3 Å². The fraction of sp³-hybridized carbons (Fsp3) is 0.400. The Kier molecular flexibility index (Phi) is 5.79. The van der Waals surface area contributed by atoms with E-state index in [0.29, 0.717) is 0 Å². The molecule has 1 N–H and O–H groups in total. The molecule has 0 amide bonds. The van der Waals surface area contributed by atoms with Crippen molar-refractivity contribution in [2.24, 2.45) is 0 Å². The fourth-order valence-corrected chi connectivity index (χ4v) is 3.48. The first kappa shape index (κ1) is 17.6. The van der Waals surface area contributed by atoms with Gasteiger partial charge in [0.15, 0.2) is 11.5 Å². The molecule has 2 aromatic rings. The van der Waals surface area contributed by atoms with Crippen LogP contribution in [0.5, 0.6) is 17.2 Å². The van der Waals surface area contributed by atoms with Gasteiger partial charge in [0.2, 0.25) is 0 Å². The van der Waals surface area contributed by atoms with Crippen LogP contribution in [0.25, 0.3) is 0 Å². The monoisotopic (exact) mass is 342 g/mol. The number of hydrogen-bond acceptors (Lipinski definition) is 5. The standard InChI is InChI=1S/C20H26N2O3/c1-23-18-9-5-4-8-16(18)17-13-21-11-12-22(17)14-15-7-6-10-19(24-2)20(15)25-3/h4-10,17,21H,11-14H2,1-3H3. The van der Waals surface area contributed by atoms with Gasteiger partial charge < -0.3 is 19.5 Å². The van der Waals surface area contributed by atoms with Crippen molar-refractivity contribution in [1.82, 2.24) is 10.2 Å². The second-order valence-electron chi connectivity index (χ2n) is 6.08. The zero-order chi connectivity index (χ0) is 17.6. The molecule has 25 heavy (non-hydrogen) atoms. The number of nitrogens with zero attached hydrogens (tertiary/aromatic N) is 1. The number of hydrogen-bond donors (Lipinski definition) is 1. The molecule has 134 valence electrons. The van der Waals surface area contributed by atoms with E-state index in [9.17, 15) is 0 Å². The van der Waals surface area contributed by atoms with Crippen LogP contribution in [0.3, 0.4) is 0 Å². The van der Waals surface area contributed by atoms with Crippen LogP contribution in [0.2, 0.25) is 0 Å². The van der Waals surface area contributed by atoms with Gasteiger partial charge in [0.1, 0.15) is 5.75 Å². The van der Waals surface area contributed by atoms with Gasteiger partial charge in [0.25, 0.3) is 0 Å². The third-order valence-electron chi connectivity index (χ3n) is 4.71. The van der Waals surface area contributed by atoms with Gasteiger partial charge in [-0.3, -0.25) is 4.90 Å². The number of nitrogens with one attached hydrogen (secondary N) is 1. The summed E-state index contributed by atoms with van der Waals surface area (Å²) >= 11 is 0. The molecular formula is C20H26N2O3. The van der Waals surface area contributed by atoms with E-state index in [1.165, 1.54) is 5.56 Å². The van der Waals surface area contributed by atoms with Crippen molar-refractivity contribution >= 4 is 0 Å². The zero-order valence-corrected chi connectivity index (χ0v) is 15.1. The first-order valence-corrected chi connectivity index (χ1v) is 8.56. The summed E-state index contributed by atoms with van der Waals surface area (Å²) in [7, 11) is 5.09. The lowest BCUT2D eigenvalue weighted by Gasteiger charge is -2.37. The van der Waals surface area contributed by atoms with Crippen LogP contribution in [0, 0.1) is 0 Å². The third-order valence-corrected chi connectivity index (χ3v) is 4.71. The van der Waals surface area contributed by atoms with Crippen LogP contribution >= 0.6 is 0 Å². The lowest BCUT2D eigenvalue weighted by atomic mass is 10.0. The SMILES string of the molecule is COc1ccccc1C1CNCCN1Cc1cccc(OC)c1OC. The Morgan fingerprint density at radius 3 is 2.48 bits per heavy atom. The summed E-state index contributed by atoms with van der Waals surface area (Å²) in [5.41, 5.74) is 2.34. The smallest absolute Gasteiger partial charge is 0.165 e. The van der Waals surface area contributed by atoms with Gasteiger partial charge in [0.05, 0.1) is 27.4 Å². The second-order valence-corrected chi connectivity index (χ2v) is 6.08. The summed E-state index contributed by atoms with van der Waals surface area (Å²) < 4.78 is 16.6. The summed E-state index contributed by atoms with van der Waals surface area (Å²) in [5, 5.41) is 3.50. The minimum absolute atomic E-state index is 0.251. The average Bonchev–Trinajstić information content (AvgIpc) is 2.68. The van der Waals surface area contributed by atoms with Crippen molar-refractivity contribution < 1.29 is 14.2 Å². The Balaban J connectivity index is 1.90. The molecule has 1 atom stereocenters. The van der Waals surface area contributed by atoms with Crippen LogP contribution in [-0.4, -0.2) is 45.9 Å². The summed E-state index contributed by atoms with van der Waals surface area (Å²) in [6.45, 7) is 3.62. The Morgan fingerprint density at radius 2 is 1.72 bits per heavy atom. The molecule has 2 aromatic carbocycles. The van der Waals surface area contributed by atoms with Crippen molar-refractivity contribution in [3.8, 4) is 17.2 Å². The molecule has 1 unspecified atom stereocenters. The molecule has 5 nitrogen and oxygen atoms in total. The second kappa shape index (κ2) is 8.23. The van der Waals surface area contributed by atoms with E-state index in [1.54, 1.807) is 21.3 Å². The molecule has 1 aliphatic heterocycles. The molecule has 1 aliphatic rings. The van der Waals surface area contributed by atoms with E-state index < -0.39 is 0 Å². The Bertz CT molecular complexity index is 705. The summed E-state index contributed by atoms with van der Waals surface area (Å²) in [5.74, 6) is 2.50. The first-order valence-electron chi connectivity index (χ1n) is 8.56. The Hall–Kier alpha value is -2.24. The molecular weight excluding hydrogens is 316 g/mol. The molecule has 0 aliphatic carbocycles. The van der Waals surface area contributed by atoms with E-state index in [4.69, 9.17) is 14.2 Å². The predicted octanol–water partition coefficient (Wildman–Crippen LogP) is 2.86. The van der Waals surface area contributed by atoms with E-state index in [2.05, 4.69) is 28.4 Å². The van der Waals surface area contributed by atoms with Crippen LogP contribution in [0.15, 0.2) is 42.5 Å². The highest BCUT2D eigenvalue weighted by atomic mass is 16.5. The number of ether oxygens (including phenoxy) is 3. The lowest BCUT2D eigenvalue weighted by molar-refractivity contribution is 0.149. The topological polar surface area (TPSA) is 43.0 Å².